The standard InChI is InChI=1S/C21H23F3/c1-2-3-4-5-18-14-20(23)19(21(24)15-18)11-10-16-6-8-17(9-7-16)12-13-22/h2,12-17H,1,3-9H2/b13-12+. The molecule has 24 heavy (non-hydrogen) atoms. The summed E-state index contributed by atoms with van der Waals surface area (Å²) in [5, 5.41) is 0. The molecule has 0 heterocycles. The molecule has 0 nitrogen and oxygen atoms in total. The molecule has 0 N–H and O–H groups in total. The maximum atomic E-state index is 14.1. The largest absolute Gasteiger partial charge is 0.216 e. The van der Waals surface area contributed by atoms with Crippen LogP contribution in [0, 0.1) is 35.3 Å². The fraction of sp³-hybridized carbons (Fsp3) is 0.429. The van der Waals surface area contributed by atoms with Gasteiger partial charge in [-0.1, -0.05) is 24.0 Å². The van der Waals surface area contributed by atoms with E-state index in [1.807, 2.05) is 0 Å². The van der Waals surface area contributed by atoms with E-state index in [4.69, 9.17) is 0 Å². The van der Waals surface area contributed by atoms with Crippen molar-refractivity contribution in [1.29, 1.82) is 0 Å². The number of hydrogen-bond acceptors (Lipinski definition) is 0. The van der Waals surface area contributed by atoms with E-state index < -0.39 is 11.6 Å². The first-order valence-corrected chi connectivity index (χ1v) is 8.51. The second-order valence-corrected chi connectivity index (χ2v) is 6.31. The predicted molar refractivity (Wildman–Crippen MR) is 92.1 cm³/mol. The molecule has 0 radical (unpaired) electrons. The Labute approximate surface area is 142 Å². The minimum Gasteiger partial charge on any atom is -0.216 e. The molecule has 1 aliphatic carbocycles. The first-order chi connectivity index (χ1) is 11.6. The van der Waals surface area contributed by atoms with Gasteiger partial charge in [0.2, 0.25) is 0 Å². The molecule has 0 saturated heterocycles. The van der Waals surface area contributed by atoms with E-state index in [-0.39, 0.29) is 17.4 Å². The van der Waals surface area contributed by atoms with Crippen molar-refractivity contribution in [2.24, 2.45) is 11.8 Å². The third-order valence-corrected chi connectivity index (χ3v) is 4.49. The topological polar surface area (TPSA) is 0 Å². The van der Waals surface area contributed by atoms with E-state index >= 15 is 0 Å². The van der Waals surface area contributed by atoms with Crippen molar-refractivity contribution < 1.29 is 13.2 Å². The molecule has 128 valence electrons. The quantitative estimate of drug-likeness (QED) is 0.346. The Hall–Kier alpha value is -1.95. The highest BCUT2D eigenvalue weighted by molar-refractivity contribution is 5.39. The third kappa shape index (κ3) is 5.30. The second kappa shape index (κ2) is 9.37. The number of hydrogen-bond donors (Lipinski definition) is 0. The van der Waals surface area contributed by atoms with Crippen LogP contribution in [-0.2, 0) is 6.42 Å². The van der Waals surface area contributed by atoms with Gasteiger partial charge in [-0.25, -0.2) is 13.2 Å². The summed E-state index contributed by atoms with van der Waals surface area (Å²) in [5.74, 6) is 4.88. The van der Waals surface area contributed by atoms with E-state index in [1.54, 1.807) is 12.2 Å². The molecule has 0 aliphatic heterocycles. The molecule has 0 atom stereocenters. The summed E-state index contributed by atoms with van der Waals surface area (Å²) >= 11 is 0. The highest BCUT2D eigenvalue weighted by Crippen LogP contribution is 2.29. The first-order valence-electron chi connectivity index (χ1n) is 8.51. The van der Waals surface area contributed by atoms with Crippen molar-refractivity contribution >= 4 is 0 Å². The average molecular weight is 332 g/mol. The molecular formula is C21H23F3. The number of rotatable bonds is 5. The monoisotopic (exact) mass is 332 g/mol. The van der Waals surface area contributed by atoms with Crippen molar-refractivity contribution in [1.82, 2.24) is 0 Å². The van der Waals surface area contributed by atoms with E-state index in [2.05, 4.69) is 18.4 Å². The smallest absolute Gasteiger partial charge is 0.142 e. The summed E-state index contributed by atoms with van der Waals surface area (Å²) in [4.78, 5) is 0. The lowest BCUT2D eigenvalue weighted by Crippen LogP contribution is -2.11. The summed E-state index contributed by atoms with van der Waals surface area (Å²) in [6, 6.07) is 2.75. The van der Waals surface area contributed by atoms with Gasteiger partial charge in [-0.05, 0) is 68.6 Å². The Morgan fingerprint density at radius 3 is 2.38 bits per heavy atom. The molecule has 1 saturated carbocycles. The van der Waals surface area contributed by atoms with Crippen LogP contribution in [0.5, 0.6) is 0 Å². The summed E-state index contributed by atoms with van der Waals surface area (Å²) in [7, 11) is 0. The SMILES string of the molecule is C=CCCCc1cc(F)c(C#CC2CCC(/C=C/F)CC2)c(F)c1. The number of aryl methyl sites for hydroxylation is 1. The molecule has 0 spiro atoms. The molecular weight excluding hydrogens is 309 g/mol. The lowest BCUT2D eigenvalue weighted by Gasteiger charge is -2.22. The maximum absolute atomic E-state index is 14.1. The zero-order chi connectivity index (χ0) is 17.4. The van der Waals surface area contributed by atoms with Crippen LogP contribution in [0.1, 0.15) is 49.7 Å². The molecule has 3 heteroatoms. The Balaban J connectivity index is 2.02. The van der Waals surface area contributed by atoms with Crippen molar-refractivity contribution in [3.8, 4) is 11.8 Å². The number of benzene rings is 1. The van der Waals surface area contributed by atoms with Gasteiger partial charge in [0.25, 0.3) is 0 Å². The number of unbranched alkanes of at least 4 members (excludes halogenated alkanes) is 1. The minimum absolute atomic E-state index is 0.125. The van der Waals surface area contributed by atoms with E-state index in [0.717, 1.165) is 38.5 Å². The van der Waals surface area contributed by atoms with Gasteiger partial charge in [0.15, 0.2) is 0 Å². The van der Waals surface area contributed by atoms with Crippen LogP contribution in [0.25, 0.3) is 0 Å². The van der Waals surface area contributed by atoms with Crippen molar-refractivity contribution in [3.05, 3.63) is 60.0 Å². The highest BCUT2D eigenvalue weighted by atomic mass is 19.1. The van der Waals surface area contributed by atoms with Gasteiger partial charge in [0.1, 0.15) is 11.6 Å². The van der Waals surface area contributed by atoms with E-state index in [9.17, 15) is 13.2 Å². The lowest BCUT2D eigenvalue weighted by molar-refractivity contribution is 0.362. The van der Waals surface area contributed by atoms with Gasteiger partial charge in [-0.15, -0.1) is 6.58 Å². The maximum Gasteiger partial charge on any atom is 0.142 e. The van der Waals surface area contributed by atoms with Crippen LogP contribution in [0.4, 0.5) is 13.2 Å². The Kier molecular flexibility index (Phi) is 7.18. The average Bonchev–Trinajstić information content (AvgIpc) is 2.56. The summed E-state index contributed by atoms with van der Waals surface area (Å²) in [6.45, 7) is 3.64. The van der Waals surface area contributed by atoms with Crippen LogP contribution in [-0.4, -0.2) is 0 Å². The van der Waals surface area contributed by atoms with Crippen LogP contribution in [0.15, 0.2) is 37.2 Å². The van der Waals surface area contributed by atoms with Crippen LogP contribution >= 0.6 is 0 Å². The number of halogens is 3. The van der Waals surface area contributed by atoms with Gasteiger partial charge in [-0.3, -0.25) is 0 Å². The summed E-state index contributed by atoms with van der Waals surface area (Å²) < 4.78 is 40.4. The van der Waals surface area contributed by atoms with Crippen LogP contribution < -0.4 is 0 Å². The van der Waals surface area contributed by atoms with Crippen molar-refractivity contribution in [2.75, 3.05) is 0 Å². The van der Waals surface area contributed by atoms with Gasteiger partial charge in [-0.2, -0.15) is 0 Å². The van der Waals surface area contributed by atoms with Gasteiger partial charge < -0.3 is 0 Å². The van der Waals surface area contributed by atoms with Gasteiger partial charge in [0, 0.05) is 5.92 Å². The minimum atomic E-state index is -0.592. The normalized spacial score (nSPS) is 20.6. The molecule has 1 aromatic rings. The van der Waals surface area contributed by atoms with Gasteiger partial charge >= 0.3 is 0 Å². The molecule has 0 bridgehead atoms. The van der Waals surface area contributed by atoms with Gasteiger partial charge in [0.05, 0.1) is 11.9 Å². The van der Waals surface area contributed by atoms with E-state index in [1.165, 1.54) is 12.1 Å². The summed E-state index contributed by atoms with van der Waals surface area (Å²) in [6.07, 6.45) is 9.65. The van der Waals surface area contributed by atoms with Crippen LogP contribution in [0.3, 0.4) is 0 Å². The first kappa shape index (κ1) is 18.4. The second-order valence-electron chi connectivity index (χ2n) is 6.31. The molecule has 1 fully saturated rings. The van der Waals surface area contributed by atoms with Crippen LogP contribution in [0.2, 0.25) is 0 Å². The highest BCUT2D eigenvalue weighted by Gasteiger charge is 2.18. The fourth-order valence-electron chi connectivity index (χ4n) is 3.07. The van der Waals surface area contributed by atoms with Crippen molar-refractivity contribution in [3.63, 3.8) is 0 Å². The lowest BCUT2D eigenvalue weighted by atomic mass is 9.82. The number of allylic oxidation sites excluding steroid dienone is 2. The zero-order valence-corrected chi connectivity index (χ0v) is 13.8. The Morgan fingerprint density at radius 2 is 1.79 bits per heavy atom. The Morgan fingerprint density at radius 1 is 1.12 bits per heavy atom. The molecule has 0 amide bonds. The molecule has 0 aromatic heterocycles. The predicted octanol–water partition coefficient (Wildman–Crippen LogP) is 6.11. The Bertz CT molecular complexity index is 618. The molecule has 2 rings (SSSR count). The third-order valence-electron chi connectivity index (χ3n) is 4.49. The molecule has 1 aromatic carbocycles. The fourth-order valence-corrected chi connectivity index (χ4v) is 3.07. The zero-order valence-electron chi connectivity index (χ0n) is 13.8. The molecule has 0 unspecified atom stereocenters. The van der Waals surface area contributed by atoms with Crippen molar-refractivity contribution in [2.45, 2.75) is 44.9 Å². The molecule has 1 aliphatic rings. The summed E-state index contributed by atoms with van der Waals surface area (Å²) in [5.41, 5.74) is 0.504. The van der Waals surface area contributed by atoms with E-state index in [0.29, 0.717) is 18.3 Å².